The molecule has 1 aliphatic rings. The Bertz CT molecular complexity index is 231. The summed E-state index contributed by atoms with van der Waals surface area (Å²) in [4.78, 5) is 23.5. The zero-order valence-corrected chi connectivity index (χ0v) is 8.03. The highest BCUT2D eigenvalue weighted by Gasteiger charge is 2.26. The summed E-state index contributed by atoms with van der Waals surface area (Å²) in [5.41, 5.74) is 10.3. The van der Waals surface area contributed by atoms with Crippen molar-refractivity contribution in [3.05, 3.63) is 0 Å². The van der Waals surface area contributed by atoms with Crippen molar-refractivity contribution in [2.75, 3.05) is 26.2 Å². The number of hydrogen-bond donors (Lipinski definition) is 3. The van der Waals surface area contributed by atoms with Crippen LogP contribution in [0.25, 0.3) is 0 Å². The van der Waals surface area contributed by atoms with Crippen molar-refractivity contribution in [1.82, 2.24) is 10.2 Å². The summed E-state index contributed by atoms with van der Waals surface area (Å²) in [5, 5.41) is 3.08. The summed E-state index contributed by atoms with van der Waals surface area (Å²) in [7, 11) is 0. The summed E-state index contributed by atoms with van der Waals surface area (Å²) in [6.45, 7) is 2.59. The number of nitrogens with two attached hydrogens (primary N) is 2. The van der Waals surface area contributed by atoms with Crippen LogP contribution in [0.3, 0.4) is 0 Å². The molecule has 0 spiro atoms. The normalized spacial score (nSPS) is 23.3. The number of carbonyl (C=O) groups is 2. The van der Waals surface area contributed by atoms with Crippen LogP contribution >= 0.6 is 0 Å². The van der Waals surface area contributed by atoms with Gasteiger partial charge in [-0.1, -0.05) is 0 Å². The van der Waals surface area contributed by atoms with E-state index in [1.165, 1.54) is 0 Å². The second-order valence-electron chi connectivity index (χ2n) is 3.37. The molecule has 2 amide bonds. The zero-order valence-electron chi connectivity index (χ0n) is 8.03. The molecule has 14 heavy (non-hydrogen) atoms. The molecule has 1 rings (SSSR count). The minimum atomic E-state index is -0.360. The second-order valence-corrected chi connectivity index (χ2v) is 3.37. The van der Waals surface area contributed by atoms with Crippen LogP contribution in [0.5, 0.6) is 0 Å². The molecule has 6 heteroatoms. The molecule has 1 fully saturated rings. The zero-order chi connectivity index (χ0) is 10.6. The Morgan fingerprint density at radius 3 is 2.71 bits per heavy atom. The molecular formula is C8H16N4O2. The molecule has 0 aliphatic carbocycles. The van der Waals surface area contributed by atoms with E-state index >= 15 is 0 Å². The first-order valence-electron chi connectivity index (χ1n) is 4.63. The van der Waals surface area contributed by atoms with E-state index in [4.69, 9.17) is 11.5 Å². The average molecular weight is 200 g/mol. The van der Waals surface area contributed by atoms with Crippen LogP contribution in [-0.2, 0) is 9.59 Å². The highest BCUT2D eigenvalue weighted by molar-refractivity contribution is 5.80. The Balaban J connectivity index is 2.45. The topological polar surface area (TPSA) is 101 Å². The van der Waals surface area contributed by atoms with Gasteiger partial charge in [0.15, 0.2) is 0 Å². The predicted molar refractivity (Wildman–Crippen MR) is 51.2 cm³/mol. The van der Waals surface area contributed by atoms with Crippen molar-refractivity contribution in [1.29, 1.82) is 0 Å². The molecule has 1 heterocycles. The lowest BCUT2D eigenvalue weighted by atomic mass is 10.1. The van der Waals surface area contributed by atoms with Crippen LogP contribution in [0.2, 0.25) is 0 Å². The van der Waals surface area contributed by atoms with Crippen LogP contribution in [0.15, 0.2) is 0 Å². The van der Waals surface area contributed by atoms with Gasteiger partial charge in [-0.05, 0) is 0 Å². The fraction of sp³-hybridized carbons (Fsp3) is 0.750. The average Bonchev–Trinajstić information content (AvgIpc) is 2.15. The largest absolute Gasteiger partial charge is 0.370 e. The van der Waals surface area contributed by atoms with Crippen LogP contribution in [-0.4, -0.2) is 48.9 Å². The number of piperazine rings is 1. The summed E-state index contributed by atoms with van der Waals surface area (Å²) in [6.07, 6.45) is 0.268. The lowest BCUT2D eigenvalue weighted by molar-refractivity contribution is -0.125. The molecule has 1 aliphatic heterocycles. The van der Waals surface area contributed by atoms with Gasteiger partial charge in [-0.15, -0.1) is 0 Å². The minimum absolute atomic E-state index is 0.268. The molecule has 1 atom stereocenters. The molecular weight excluding hydrogens is 184 g/mol. The Labute approximate surface area is 82.6 Å². The number of rotatable bonds is 4. The standard InChI is InChI=1S/C8H16N4O2/c9-7(13)1-3-12-4-2-11-5-6(12)8(10)14/h6,11H,1-5H2,(H2,9,13)(H2,10,14). The SMILES string of the molecule is NC(=O)CCN1CCNCC1C(N)=O. The van der Waals surface area contributed by atoms with Gasteiger partial charge in [0.25, 0.3) is 0 Å². The van der Waals surface area contributed by atoms with E-state index in [0.717, 1.165) is 13.1 Å². The summed E-state index contributed by atoms with van der Waals surface area (Å²) in [5.74, 6) is -0.714. The smallest absolute Gasteiger partial charge is 0.236 e. The summed E-state index contributed by atoms with van der Waals surface area (Å²) < 4.78 is 0. The van der Waals surface area contributed by atoms with Gasteiger partial charge in [-0.25, -0.2) is 0 Å². The lowest BCUT2D eigenvalue weighted by Crippen LogP contribution is -2.57. The van der Waals surface area contributed by atoms with Crippen molar-refractivity contribution in [3.8, 4) is 0 Å². The van der Waals surface area contributed by atoms with Gasteiger partial charge in [0.1, 0.15) is 6.04 Å². The monoisotopic (exact) mass is 200 g/mol. The minimum Gasteiger partial charge on any atom is -0.370 e. The Morgan fingerprint density at radius 2 is 2.14 bits per heavy atom. The number of nitrogens with one attached hydrogen (secondary N) is 1. The fourth-order valence-electron chi connectivity index (χ4n) is 1.55. The predicted octanol–water partition coefficient (Wildman–Crippen LogP) is -2.38. The van der Waals surface area contributed by atoms with Crippen molar-refractivity contribution in [2.45, 2.75) is 12.5 Å². The molecule has 0 aromatic rings. The molecule has 80 valence electrons. The van der Waals surface area contributed by atoms with Gasteiger partial charge in [-0.3, -0.25) is 14.5 Å². The first-order chi connectivity index (χ1) is 6.61. The number of hydrogen-bond acceptors (Lipinski definition) is 4. The van der Waals surface area contributed by atoms with Crippen LogP contribution < -0.4 is 16.8 Å². The van der Waals surface area contributed by atoms with Crippen LogP contribution in [0.4, 0.5) is 0 Å². The Morgan fingerprint density at radius 1 is 1.43 bits per heavy atom. The maximum atomic E-state index is 11.0. The van der Waals surface area contributed by atoms with Crippen molar-refractivity contribution >= 4 is 11.8 Å². The van der Waals surface area contributed by atoms with Gasteiger partial charge in [0, 0.05) is 32.6 Å². The van der Waals surface area contributed by atoms with Gasteiger partial charge >= 0.3 is 0 Å². The van der Waals surface area contributed by atoms with E-state index in [1.54, 1.807) is 0 Å². The molecule has 6 nitrogen and oxygen atoms in total. The first-order valence-corrected chi connectivity index (χ1v) is 4.63. The molecule has 0 aromatic carbocycles. The van der Waals surface area contributed by atoms with Crippen LogP contribution in [0.1, 0.15) is 6.42 Å². The van der Waals surface area contributed by atoms with E-state index in [0.29, 0.717) is 13.1 Å². The van der Waals surface area contributed by atoms with E-state index in [1.807, 2.05) is 4.90 Å². The number of amides is 2. The van der Waals surface area contributed by atoms with Crippen molar-refractivity contribution < 1.29 is 9.59 Å². The van der Waals surface area contributed by atoms with E-state index in [2.05, 4.69) is 5.32 Å². The molecule has 0 saturated carbocycles. The molecule has 5 N–H and O–H groups in total. The van der Waals surface area contributed by atoms with Gasteiger partial charge in [0.05, 0.1) is 0 Å². The highest BCUT2D eigenvalue weighted by atomic mass is 16.1. The van der Waals surface area contributed by atoms with E-state index < -0.39 is 0 Å². The van der Waals surface area contributed by atoms with Crippen molar-refractivity contribution in [3.63, 3.8) is 0 Å². The van der Waals surface area contributed by atoms with E-state index in [9.17, 15) is 9.59 Å². The third-order valence-electron chi connectivity index (χ3n) is 2.33. The highest BCUT2D eigenvalue weighted by Crippen LogP contribution is 2.03. The number of primary amides is 2. The quantitative estimate of drug-likeness (QED) is 0.471. The van der Waals surface area contributed by atoms with Gasteiger partial charge < -0.3 is 16.8 Å². The molecule has 0 bridgehead atoms. The Hall–Kier alpha value is -1.14. The number of nitrogens with zero attached hydrogens (tertiary/aromatic N) is 1. The van der Waals surface area contributed by atoms with Gasteiger partial charge in [0.2, 0.25) is 11.8 Å². The second kappa shape index (κ2) is 4.92. The van der Waals surface area contributed by atoms with E-state index in [-0.39, 0.29) is 24.3 Å². The third kappa shape index (κ3) is 2.97. The molecule has 0 radical (unpaired) electrons. The third-order valence-corrected chi connectivity index (χ3v) is 2.33. The molecule has 1 saturated heterocycles. The Kier molecular flexibility index (Phi) is 3.84. The first kappa shape index (κ1) is 10.9. The van der Waals surface area contributed by atoms with Crippen LogP contribution in [0, 0.1) is 0 Å². The lowest BCUT2D eigenvalue weighted by Gasteiger charge is -2.33. The van der Waals surface area contributed by atoms with Gasteiger partial charge in [-0.2, -0.15) is 0 Å². The summed E-state index contributed by atoms with van der Waals surface area (Å²) >= 11 is 0. The summed E-state index contributed by atoms with van der Waals surface area (Å²) in [6, 6.07) is -0.317. The molecule has 1 unspecified atom stereocenters. The fourth-order valence-corrected chi connectivity index (χ4v) is 1.55. The van der Waals surface area contributed by atoms with Crippen molar-refractivity contribution in [2.24, 2.45) is 11.5 Å². The molecule has 0 aromatic heterocycles. The number of carbonyl (C=O) groups excluding carboxylic acids is 2. The maximum absolute atomic E-state index is 11.0. The maximum Gasteiger partial charge on any atom is 0.236 e.